The summed E-state index contributed by atoms with van der Waals surface area (Å²) >= 11 is 14.4. The number of carboxylic acid groups (broad SMARTS) is 1. The van der Waals surface area contributed by atoms with Crippen LogP contribution in [-0.2, 0) is 4.79 Å². The van der Waals surface area contributed by atoms with Crippen molar-refractivity contribution < 1.29 is 40.9 Å². The Bertz CT molecular complexity index is 92.3. The molecule has 2 nitrogen and oxygen atoms in total. The minimum absolute atomic E-state index is 0. The van der Waals surface area contributed by atoms with E-state index in [0.29, 0.717) is 0 Å². The molecule has 0 radical (unpaired) electrons. The van der Waals surface area contributed by atoms with Crippen molar-refractivity contribution in [2.24, 2.45) is 0 Å². The first-order valence-electron chi connectivity index (χ1n) is 1.24. The van der Waals surface area contributed by atoms with Crippen molar-refractivity contribution in [1.29, 1.82) is 0 Å². The first-order valence-corrected chi connectivity index (χ1v) is 2.38. The third-order valence-electron chi connectivity index (χ3n) is 0.243. The van der Waals surface area contributed by atoms with Gasteiger partial charge in [-0.3, -0.25) is 0 Å². The molecule has 1 N–H and O–H groups in total. The van der Waals surface area contributed by atoms with Crippen molar-refractivity contribution >= 4 is 40.8 Å². The summed E-state index contributed by atoms with van der Waals surface area (Å²) in [5, 5.41) is 7.85. The summed E-state index contributed by atoms with van der Waals surface area (Å²) in [5.74, 6) is -1.46. The van der Waals surface area contributed by atoms with E-state index in [2.05, 4.69) is 0 Å². The third-order valence-corrected chi connectivity index (χ3v) is 0.728. The molecule has 0 aliphatic carbocycles. The zero-order valence-electron chi connectivity index (χ0n) is 4.99. The molecule has 0 heterocycles. The first kappa shape index (κ1) is 12.1. The molecule has 8 heavy (non-hydrogen) atoms. The van der Waals surface area contributed by atoms with E-state index in [1.54, 1.807) is 0 Å². The van der Waals surface area contributed by atoms with Crippen LogP contribution in [0.5, 0.6) is 0 Å². The van der Waals surface area contributed by atoms with Crippen LogP contribution in [0.4, 0.5) is 0 Å². The zero-order valence-corrected chi connectivity index (χ0v) is 8.26. The minimum atomic E-state index is -2.17. The molecule has 0 saturated heterocycles. The van der Waals surface area contributed by atoms with Gasteiger partial charge in [0.1, 0.15) is 0 Å². The molecule has 0 aliphatic heterocycles. The van der Waals surface area contributed by atoms with E-state index in [4.69, 9.17) is 39.9 Å². The van der Waals surface area contributed by atoms with Crippen molar-refractivity contribution in [2.45, 2.75) is 3.79 Å². The van der Waals surface area contributed by atoms with Gasteiger partial charge in [-0.2, -0.15) is 0 Å². The number of aliphatic carboxylic acids is 1. The Morgan fingerprint density at radius 3 is 1.62 bits per heavy atom. The molecule has 0 aromatic carbocycles. The van der Waals surface area contributed by atoms with Crippen LogP contribution < -0.4 is 29.6 Å². The normalized spacial score (nSPS) is 9.88. The van der Waals surface area contributed by atoms with Crippen molar-refractivity contribution in [2.75, 3.05) is 0 Å². The summed E-state index contributed by atoms with van der Waals surface area (Å²) < 4.78 is -2.17. The van der Waals surface area contributed by atoms with Crippen LogP contribution in [0.2, 0.25) is 0 Å². The fraction of sp³-hybridized carbons (Fsp3) is 0.500. The second kappa shape index (κ2) is 4.20. The van der Waals surface area contributed by atoms with E-state index in [9.17, 15) is 4.79 Å². The minimum Gasteiger partial charge on any atom is -1.00 e. The molecule has 0 unspecified atom stereocenters. The maximum Gasteiger partial charge on any atom is 1.00 e. The monoisotopic (exact) mass is 186 g/mol. The van der Waals surface area contributed by atoms with Crippen molar-refractivity contribution in [3.8, 4) is 0 Å². The largest absolute Gasteiger partial charge is 1.00 e. The Morgan fingerprint density at radius 2 is 1.62 bits per heavy atom. The summed E-state index contributed by atoms with van der Waals surface area (Å²) in [4.78, 5) is 9.62. The molecular weight excluding hydrogens is 185 g/mol. The second-order valence-electron chi connectivity index (χ2n) is 0.803. The molecule has 0 aliphatic rings. The van der Waals surface area contributed by atoms with Crippen LogP contribution >= 0.6 is 34.8 Å². The SMILES string of the molecule is O=C(O)C(Cl)(Cl)Cl.[H-].[Na+]. The summed E-state index contributed by atoms with van der Waals surface area (Å²) in [5.41, 5.74) is 0. The van der Waals surface area contributed by atoms with Gasteiger partial charge in [0.15, 0.2) is 0 Å². The average Bonchev–Trinajstić information content (AvgIpc) is 1.31. The molecule has 6 heteroatoms. The van der Waals surface area contributed by atoms with Gasteiger partial charge in [-0.1, -0.05) is 34.8 Å². The van der Waals surface area contributed by atoms with Crippen LogP contribution in [0.25, 0.3) is 0 Å². The Balaban J connectivity index is -0.000000180. The molecule has 0 amide bonds. The topological polar surface area (TPSA) is 37.3 Å². The second-order valence-corrected chi connectivity index (χ2v) is 3.08. The molecule has 0 aromatic heterocycles. The van der Waals surface area contributed by atoms with Gasteiger partial charge in [0.2, 0.25) is 0 Å². The Hall–Kier alpha value is 1.34. The molecule has 0 fully saturated rings. The molecular formula is C2H2Cl3NaO2. The number of carboxylic acids is 1. The van der Waals surface area contributed by atoms with Gasteiger partial charge in [0, 0.05) is 0 Å². The van der Waals surface area contributed by atoms with Crippen LogP contribution in [0.1, 0.15) is 1.43 Å². The average molecular weight is 187 g/mol. The quantitative estimate of drug-likeness (QED) is 0.372. The van der Waals surface area contributed by atoms with Gasteiger partial charge in [-0.05, 0) is 0 Å². The van der Waals surface area contributed by atoms with Crippen LogP contribution in [0.3, 0.4) is 0 Å². The fourth-order valence-corrected chi connectivity index (χ4v) is 0. The third kappa shape index (κ3) is 5.48. The first-order chi connectivity index (χ1) is 2.94. The smallest absolute Gasteiger partial charge is 1.00 e. The maximum atomic E-state index is 9.62. The van der Waals surface area contributed by atoms with E-state index in [1.807, 2.05) is 0 Å². The van der Waals surface area contributed by atoms with E-state index >= 15 is 0 Å². The zero-order chi connectivity index (χ0) is 6.08. The maximum absolute atomic E-state index is 9.62. The van der Waals surface area contributed by atoms with E-state index < -0.39 is 9.76 Å². The standard InChI is InChI=1S/C2HCl3O2.Na.H/c3-2(4,5)1(6)7;;/h(H,6,7);;/q;+1;-1. The molecule has 0 atom stereocenters. The number of alkyl halides is 3. The summed E-state index contributed by atoms with van der Waals surface area (Å²) in [6, 6.07) is 0. The van der Waals surface area contributed by atoms with Crippen molar-refractivity contribution in [3.05, 3.63) is 0 Å². The number of halogens is 3. The molecule has 0 aromatic rings. The number of hydrogen-bond donors (Lipinski definition) is 1. The van der Waals surface area contributed by atoms with Crippen LogP contribution in [-0.4, -0.2) is 14.9 Å². The van der Waals surface area contributed by atoms with Gasteiger partial charge in [-0.15, -0.1) is 0 Å². The van der Waals surface area contributed by atoms with Gasteiger partial charge in [-0.25, -0.2) is 4.79 Å². The van der Waals surface area contributed by atoms with E-state index in [1.165, 1.54) is 0 Å². The summed E-state index contributed by atoms with van der Waals surface area (Å²) in [7, 11) is 0. The summed E-state index contributed by atoms with van der Waals surface area (Å²) in [6.07, 6.45) is 0. The molecule has 0 saturated carbocycles. The van der Waals surface area contributed by atoms with Crippen LogP contribution in [0, 0.1) is 0 Å². The predicted molar refractivity (Wildman–Crippen MR) is 29.0 cm³/mol. The van der Waals surface area contributed by atoms with Gasteiger partial charge < -0.3 is 6.53 Å². The molecule has 0 spiro atoms. The molecule has 0 bridgehead atoms. The van der Waals surface area contributed by atoms with E-state index in [0.717, 1.165) is 0 Å². The van der Waals surface area contributed by atoms with Crippen molar-refractivity contribution in [3.63, 3.8) is 0 Å². The van der Waals surface area contributed by atoms with Gasteiger partial charge >= 0.3 is 35.5 Å². The van der Waals surface area contributed by atoms with E-state index in [-0.39, 0.29) is 31.0 Å². The number of rotatable bonds is 0. The number of hydrogen-bond acceptors (Lipinski definition) is 1. The summed E-state index contributed by atoms with van der Waals surface area (Å²) in [6.45, 7) is 0. The fourth-order valence-electron chi connectivity index (χ4n) is 0. The van der Waals surface area contributed by atoms with Gasteiger partial charge in [0.05, 0.1) is 0 Å². The van der Waals surface area contributed by atoms with Crippen LogP contribution in [0.15, 0.2) is 0 Å². The Morgan fingerprint density at radius 1 is 1.50 bits per heavy atom. The number of carbonyl (C=O) groups is 1. The van der Waals surface area contributed by atoms with Crippen molar-refractivity contribution in [1.82, 2.24) is 0 Å². The molecule has 44 valence electrons. The predicted octanol–water partition coefficient (Wildman–Crippen LogP) is -1.44. The molecule has 0 rings (SSSR count). The Kier molecular flexibility index (Phi) is 6.33. The van der Waals surface area contributed by atoms with Gasteiger partial charge in [0.25, 0.3) is 3.79 Å². The Labute approximate surface area is 84.9 Å².